The summed E-state index contributed by atoms with van der Waals surface area (Å²) in [5.74, 6) is -0.312. The third-order valence-electron chi connectivity index (χ3n) is 4.27. The van der Waals surface area contributed by atoms with Gasteiger partial charge in [-0.15, -0.1) is 0 Å². The van der Waals surface area contributed by atoms with Gasteiger partial charge in [0.25, 0.3) is 0 Å². The van der Waals surface area contributed by atoms with Crippen molar-refractivity contribution >= 4 is 28.5 Å². The summed E-state index contributed by atoms with van der Waals surface area (Å²) >= 11 is 0. The fourth-order valence-corrected chi connectivity index (χ4v) is 3.02. The average Bonchev–Trinajstić information content (AvgIpc) is 2.91. The minimum atomic E-state index is -0.312. The predicted molar refractivity (Wildman–Crippen MR) is 81.8 cm³/mol. The van der Waals surface area contributed by atoms with Crippen molar-refractivity contribution in [1.82, 2.24) is 19.9 Å². The molecule has 2 aromatic rings. The van der Waals surface area contributed by atoms with Gasteiger partial charge in [0, 0.05) is 19.3 Å². The molecule has 6 heteroatoms. The van der Waals surface area contributed by atoms with Crippen LogP contribution < -0.4 is 0 Å². The lowest BCUT2D eigenvalue weighted by Crippen LogP contribution is -2.35. The summed E-state index contributed by atoms with van der Waals surface area (Å²) in [6, 6.07) is 1.82. The van der Waals surface area contributed by atoms with E-state index in [0.717, 1.165) is 42.5 Å². The Labute approximate surface area is 127 Å². The van der Waals surface area contributed by atoms with E-state index in [4.69, 9.17) is 4.74 Å². The third-order valence-corrected chi connectivity index (χ3v) is 4.27. The lowest BCUT2D eigenvalue weighted by atomic mass is 10.1. The van der Waals surface area contributed by atoms with Crippen LogP contribution in [0.2, 0.25) is 0 Å². The van der Waals surface area contributed by atoms with Crippen molar-refractivity contribution in [3.05, 3.63) is 30.0 Å². The first-order chi connectivity index (χ1) is 10.7. The topological polar surface area (TPSA) is 68.2 Å². The minimum absolute atomic E-state index is 0.0152. The summed E-state index contributed by atoms with van der Waals surface area (Å²) in [7, 11) is 2.08. The molecule has 112 valence electrons. The van der Waals surface area contributed by atoms with Crippen LogP contribution in [0.25, 0.3) is 22.6 Å². The second kappa shape index (κ2) is 5.14. The van der Waals surface area contributed by atoms with E-state index in [9.17, 15) is 4.79 Å². The van der Waals surface area contributed by atoms with E-state index in [1.54, 1.807) is 12.3 Å². The Morgan fingerprint density at radius 2 is 2.09 bits per heavy atom. The van der Waals surface area contributed by atoms with Crippen molar-refractivity contribution in [2.24, 2.45) is 0 Å². The molecule has 1 aliphatic heterocycles. The van der Waals surface area contributed by atoms with Crippen molar-refractivity contribution in [3.63, 3.8) is 0 Å². The quantitative estimate of drug-likeness (QED) is 0.783. The van der Waals surface area contributed by atoms with Crippen LogP contribution in [-0.2, 0) is 9.53 Å². The van der Waals surface area contributed by atoms with Crippen LogP contribution in [0.5, 0.6) is 0 Å². The maximum absolute atomic E-state index is 12.5. The van der Waals surface area contributed by atoms with Gasteiger partial charge < -0.3 is 9.64 Å². The van der Waals surface area contributed by atoms with Gasteiger partial charge in [-0.1, -0.05) is 0 Å². The van der Waals surface area contributed by atoms with Gasteiger partial charge in [0.05, 0.1) is 27.9 Å². The van der Waals surface area contributed by atoms with Crippen LogP contribution in [0, 0.1) is 0 Å². The molecule has 0 amide bonds. The molecule has 3 heterocycles. The van der Waals surface area contributed by atoms with E-state index < -0.39 is 0 Å². The number of piperidine rings is 1. The van der Waals surface area contributed by atoms with Crippen LogP contribution in [-0.4, -0.2) is 52.1 Å². The van der Waals surface area contributed by atoms with E-state index in [-0.39, 0.29) is 12.1 Å². The summed E-state index contributed by atoms with van der Waals surface area (Å²) in [6.07, 6.45) is 6.65. The molecule has 0 N–H and O–H groups in total. The van der Waals surface area contributed by atoms with Gasteiger partial charge in [-0.3, -0.25) is 4.98 Å². The molecule has 0 radical (unpaired) electrons. The first-order valence-corrected chi connectivity index (χ1v) is 7.43. The molecule has 0 unspecified atom stereocenters. The van der Waals surface area contributed by atoms with Crippen LogP contribution >= 0.6 is 0 Å². The second-order valence-corrected chi connectivity index (χ2v) is 5.78. The fraction of sp³-hybridized carbons (Fsp3) is 0.375. The smallest absolute Gasteiger partial charge is 0.340 e. The van der Waals surface area contributed by atoms with Crippen LogP contribution in [0.1, 0.15) is 24.2 Å². The Bertz CT molecular complexity index is 774. The normalized spacial score (nSPS) is 18.5. The number of carbonyl (C=O) groups is 1. The summed E-state index contributed by atoms with van der Waals surface area (Å²) in [4.78, 5) is 27.5. The number of esters is 1. The third kappa shape index (κ3) is 2.16. The van der Waals surface area contributed by atoms with E-state index in [2.05, 4.69) is 26.9 Å². The van der Waals surface area contributed by atoms with Gasteiger partial charge >= 0.3 is 5.97 Å². The molecular formula is C16H16N4O2. The Morgan fingerprint density at radius 1 is 1.27 bits per heavy atom. The molecule has 0 spiro atoms. The van der Waals surface area contributed by atoms with Crippen molar-refractivity contribution in [2.75, 3.05) is 20.1 Å². The maximum atomic E-state index is 12.5. The zero-order valence-corrected chi connectivity index (χ0v) is 12.3. The fourth-order valence-electron chi connectivity index (χ4n) is 3.02. The predicted octanol–water partition coefficient (Wildman–Crippen LogP) is 1.52. The molecule has 1 saturated heterocycles. The van der Waals surface area contributed by atoms with Crippen LogP contribution in [0.3, 0.4) is 0 Å². The number of carbonyl (C=O) groups excluding carboxylic acids is 1. The Hall–Kier alpha value is -2.34. The molecule has 6 nitrogen and oxygen atoms in total. The van der Waals surface area contributed by atoms with Gasteiger partial charge in [-0.05, 0) is 32.0 Å². The zero-order valence-electron chi connectivity index (χ0n) is 12.3. The van der Waals surface area contributed by atoms with Gasteiger partial charge in [0.2, 0.25) is 0 Å². The van der Waals surface area contributed by atoms with E-state index in [1.807, 2.05) is 6.07 Å². The van der Waals surface area contributed by atoms with Crippen LogP contribution in [0.15, 0.2) is 18.6 Å². The van der Waals surface area contributed by atoms with Gasteiger partial charge in [-0.2, -0.15) is 0 Å². The summed E-state index contributed by atoms with van der Waals surface area (Å²) in [6.45, 7) is 1.91. The molecular weight excluding hydrogens is 280 g/mol. The Kier molecular flexibility index (Phi) is 3.11. The number of ether oxygens (including phenoxy) is 1. The minimum Gasteiger partial charge on any atom is -0.459 e. The highest BCUT2D eigenvalue weighted by molar-refractivity contribution is 6.28. The number of aromatic nitrogens is 3. The highest BCUT2D eigenvalue weighted by Crippen LogP contribution is 2.33. The highest BCUT2D eigenvalue weighted by Gasteiger charge is 2.28. The molecule has 1 aliphatic carbocycles. The number of hydrogen-bond donors (Lipinski definition) is 0. The highest BCUT2D eigenvalue weighted by atomic mass is 16.5. The van der Waals surface area contributed by atoms with Crippen molar-refractivity contribution in [2.45, 2.75) is 18.9 Å². The van der Waals surface area contributed by atoms with Crippen molar-refractivity contribution in [3.8, 4) is 0 Å². The monoisotopic (exact) mass is 296 g/mol. The molecule has 22 heavy (non-hydrogen) atoms. The Balaban J connectivity index is 1.59. The lowest BCUT2D eigenvalue weighted by molar-refractivity contribution is -0.143. The molecule has 4 rings (SSSR count). The van der Waals surface area contributed by atoms with E-state index >= 15 is 0 Å². The van der Waals surface area contributed by atoms with E-state index in [0.29, 0.717) is 11.3 Å². The average molecular weight is 296 g/mol. The number of nitrogens with zero attached hydrogens (tertiary/aromatic N) is 4. The first kappa shape index (κ1) is 13.3. The summed E-state index contributed by atoms with van der Waals surface area (Å²) in [5, 5.41) is 0.834. The number of likely N-dealkylation sites (tertiary alicyclic amines) is 1. The molecule has 0 bridgehead atoms. The number of pyridine rings is 1. The van der Waals surface area contributed by atoms with Crippen molar-refractivity contribution < 1.29 is 9.53 Å². The summed E-state index contributed by atoms with van der Waals surface area (Å²) < 4.78 is 5.66. The van der Waals surface area contributed by atoms with Gasteiger partial charge in [0.1, 0.15) is 12.4 Å². The number of hydrogen-bond acceptors (Lipinski definition) is 6. The van der Waals surface area contributed by atoms with Crippen molar-refractivity contribution in [1.29, 1.82) is 0 Å². The molecule has 2 aliphatic rings. The molecule has 0 aromatic carbocycles. The largest absolute Gasteiger partial charge is 0.459 e. The zero-order chi connectivity index (χ0) is 15.1. The van der Waals surface area contributed by atoms with Gasteiger partial charge in [-0.25, -0.2) is 14.8 Å². The van der Waals surface area contributed by atoms with Crippen LogP contribution in [0.4, 0.5) is 0 Å². The Morgan fingerprint density at radius 3 is 2.91 bits per heavy atom. The molecule has 1 fully saturated rings. The molecule has 2 aromatic heterocycles. The lowest BCUT2D eigenvalue weighted by Gasteiger charge is -2.28. The standard InChI is InChI=1S/C16H16N4O2/c1-20-6-3-10(4-7-20)22-16(21)11-8-13-14-12(2-5-17-13)18-9-19-15(11)14/h2,5,8-10H,3-4,6-7H2,1H3. The maximum Gasteiger partial charge on any atom is 0.340 e. The molecule has 0 saturated carbocycles. The second-order valence-electron chi connectivity index (χ2n) is 5.78. The first-order valence-electron chi connectivity index (χ1n) is 7.43. The number of rotatable bonds is 2. The van der Waals surface area contributed by atoms with Gasteiger partial charge in [0.15, 0.2) is 0 Å². The SMILES string of the molecule is CN1CCC(OC(=O)C2=Cc3nccc4ncnc2c34)CC1. The van der Waals surface area contributed by atoms with E-state index in [1.165, 1.54) is 6.33 Å². The molecule has 0 atom stereocenters. The summed E-state index contributed by atoms with van der Waals surface area (Å²) in [5.41, 5.74) is 2.66.